The monoisotopic (exact) mass is 181 g/mol. The number of amides is 1. The van der Waals surface area contributed by atoms with E-state index in [1.54, 1.807) is 20.2 Å². The van der Waals surface area contributed by atoms with Crippen molar-refractivity contribution in [2.24, 2.45) is 0 Å². The zero-order valence-electron chi connectivity index (χ0n) is 8.50. The second-order valence-corrected chi connectivity index (χ2v) is 3.56. The van der Waals surface area contributed by atoms with Crippen molar-refractivity contribution in [1.82, 2.24) is 4.90 Å². The first-order chi connectivity index (χ1) is 6.02. The SMILES string of the molecule is CC(C)c1ccc(C(=O)N(C)C)o1. The molecule has 1 rings (SSSR count). The van der Waals surface area contributed by atoms with E-state index >= 15 is 0 Å². The van der Waals surface area contributed by atoms with E-state index < -0.39 is 0 Å². The Balaban J connectivity index is 2.86. The van der Waals surface area contributed by atoms with Crippen molar-refractivity contribution in [2.45, 2.75) is 19.8 Å². The van der Waals surface area contributed by atoms with Crippen molar-refractivity contribution in [1.29, 1.82) is 0 Å². The average molecular weight is 181 g/mol. The molecule has 0 unspecified atom stereocenters. The summed E-state index contributed by atoms with van der Waals surface area (Å²) < 4.78 is 5.38. The highest BCUT2D eigenvalue weighted by molar-refractivity contribution is 5.91. The molecule has 13 heavy (non-hydrogen) atoms. The van der Waals surface area contributed by atoms with E-state index in [9.17, 15) is 4.79 Å². The highest BCUT2D eigenvalue weighted by Crippen LogP contribution is 2.17. The molecule has 0 fully saturated rings. The van der Waals surface area contributed by atoms with Crippen LogP contribution < -0.4 is 0 Å². The van der Waals surface area contributed by atoms with Gasteiger partial charge in [0, 0.05) is 20.0 Å². The molecular weight excluding hydrogens is 166 g/mol. The second-order valence-electron chi connectivity index (χ2n) is 3.56. The van der Waals surface area contributed by atoms with E-state index in [1.165, 1.54) is 4.90 Å². The molecule has 0 bridgehead atoms. The van der Waals surface area contributed by atoms with Crippen LogP contribution in [0, 0.1) is 0 Å². The number of carbonyl (C=O) groups excluding carboxylic acids is 1. The minimum Gasteiger partial charge on any atom is -0.456 e. The third-order valence-electron chi connectivity index (χ3n) is 1.81. The summed E-state index contributed by atoms with van der Waals surface area (Å²) in [5, 5.41) is 0. The third-order valence-corrected chi connectivity index (χ3v) is 1.81. The Morgan fingerprint density at radius 1 is 1.38 bits per heavy atom. The maximum Gasteiger partial charge on any atom is 0.289 e. The maximum atomic E-state index is 11.4. The molecule has 0 aliphatic carbocycles. The Labute approximate surface area is 78.3 Å². The summed E-state index contributed by atoms with van der Waals surface area (Å²) >= 11 is 0. The first kappa shape index (κ1) is 9.84. The highest BCUT2D eigenvalue weighted by atomic mass is 16.4. The van der Waals surface area contributed by atoms with Crippen LogP contribution in [0.4, 0.5) is 0 Å². The Kier molecular flexibility index (Phi) is 2.76. The smallest absolute Gasteiger partial charge is 0.289 e. The van der Waals surface area contributed by atoms with Gasteiger partial charge in [0.2, 0.25) is 0 Å². The fourth-order valence-electron chi connectivity index (χ4n) is 0.998. The van der Waals surface area contributed by atoms with Crippen molar-refractivity contribution in [3.63, 3.8) is 0 Å². The van der Waals surface area contributed by atoms with Crippen LogP contribution in [0.25, 0.3) is 0 Å². The van der Waals surface area contributed by atoms with Crippen molar-refractivity contribution in [3.05, 3.63) is 23.7 Å². The van der Waals surface area contributed by atoms with Gasteiger partial charge in [0.1, 0.15) is 5.76 Å². The number of carbonyl (C=O) groups is 1. The highest BCUT2D eigenvalue weighted by Gasteiger charge is 2.13. The van der Waals surface area contributed by atoms with Crippen LogP contribution in [0.1, 0.15) is 36.1 Å². The molecule has 3 heteroatoms. The van der Waals surface area contributed by atoms with Gasteiger partial charge in [0.05, 0.1) is 0 Å². The summed E-state index contributed by atoms with van der Waals surface area (Å²) in [5.41, 5.74) is 0. The molecule has 1 aromatic heterocycles. The van der Waals surface area contributed by atoms with Gasteiger partial charge in [0.25, 0.3) is 5.91 Å². The van der Waals surface area contributed by atoms with Gasteiger partial charge in [-0.25, -0.2) is 0 Å². The van der Waals surface area contributed by atoms with Gasteiger partial charge >= 0.3 is 0 Å². The first-order valence-electron chi connectivity index (χ1n) is 4.33. The summed E-state index contributed by atoms with van der Waals surface area (Å²) in [5.74, 6) is 1.49. The molecule has 72 valence electrons. The van der Waals surface area contributed by atoms with Crippen molar-refractivity contribution in [3.8, 4) is 0 Å². The van der Waals surface area contributed by atoms with Crippen molar-refractivity contribution < 1.29 is 9.21 Å². The van der Waals surface area contributed by atoms with Crippen molar-refractivity contribution in [2.75, 3.05) is 14.1 Å². The Bertz CT molecular complexity index is 300. The minimum absolute atomic E-state index is 0.0908. The molecule has 1 aromatic rings. The van der Waals surface area contributed by atoms with Crippen LogP contribution in [-0.4, -0.2) is 24.9 Å². The lowest BCUT2D eigenvalue weighted by Gasteiger charge is -2.07. The van der Waals surface area contributed by atoms with Crippen LogP contribution in [-0.2, 0) is 0 Å². The largest absolute Gasteiger partial charge is 0.456 e. The molecule has 0 saturated heterocycles. The van der Waals surface area contributed by atoms with Crippen LogP contribution in [0.15, 0.2) is 16.5 Å². The molecule has 3 nitrogen and oxygen atoms in total. The molecule has 0 saturated carbocycles. The van der Waals surface area contributed by atoms with E-state index in [0.717, 1.165) is 5.76 Å². The lowest BCUT2D eigenvalue weighted by molar-refractivity contribution is 0.0794. The number of furan rings is 1. The fourth-order valence-corrected chi connectivity index (χ4v) is 0.998. The topological polar surface area (TPSA) is 33.5 Å². The average Bonchev–Trinajstić information content (AvgIpc) is 2.50. The molecule has 1 heterocycles. The summed E-state index contributed by atoms with van der Waals surface area (Å²) in [4.78, 5) is 12.9. The predicted molar refractivity (Wildman–Crippen MR) is 50.8 cm³/mol. The van der Waals surface area contributed by atoms with Gasteiger partial charge in [-0.05, 0) is 12.1 Å². The van der Waals surface area contributed by atoms with Gasteiger partial charge in [-0.2, -0.15) is 0 Å². The van der Waals surface area contributed by atoms with Gasteiger partial charge in [-0.1, -0.05) is 13.8 Å². The number of nitrogens with zero attached hydrogens (tertiary/aromatic N) is 1. The fraction of sp³-hybridized carbons (Fsp3) is 0.500. The van der Waals surface area contributed by atoms with Crippen LogP contribution in [0.5, 0.6) is 0 Å². The van der Waals surface area contributed by atoms with Crippen LogP contribution in [0.3, 0.4) is 0 Å². The molecule has 1 amide bonds. The quantitative estimate of drug-likeness (QED) is 0.700. The van der Waals surface area contributed by atoms with E-state index in [1.807, 2.05) is 19.9 Å². The molecule has 0 aliphatic rings. The zero-order chi connectivity index (χ0) is 10.0. The Hall–Kier alpha value is -1.25. The molecule has 0 aromatic carbocycles. The number of hydrogen-bond acceptors (Lipinski definition) is 2. The summed E-state index contributed by atoms with van der Waals surface area (Å²) in [7, 11) is 3.42. The molecule has 0 spiro atoms. The first-order valence-corrected chi connectivity index (χ1v) is 4.33. The minimum atomic E-state index is -0.0908. The standard InChI is InChI=1S/C10H15NO2/c1-7(2)8-5-6-9(13-8)10(12)11(3)4/h5-7H,1-4H3. The van der Waals surface area contributed by atoms with Gasteiger partial charge in [0.15, 0.2) is 5.76 Å². The lowest BCUT2D eigenvalue weighted by atomic mass is 10.2. The lowest BCUT2D eigenvalue weighted by Crippen LogP contribution is -2.20. The molecule has 0 aliphatic heterocycles. The van der Waals surface area contributed by atoms with Gasteiger partial charge in [-0.15, -0.1) is 0 Å². The van der Waals surface area contributed by atoms with Crippen molar-refractivity contribution >= 4 is 5.91 Å². The normalized spacial score (nSPS) is 10.5. The van der Waals surface area contributed by atoms with E-state index in [2.05, 4.69) is 0 Å². The van der Waals surface area contributed by atoms with Gasteiger partial charge in [-0.3, -0.25) is 4.79 Å². The zero-order valence-corrected chi connectivity index (χ0v) is 8.50. The van der Waals surface area contributed by atoms with Crippen LogP contribution in [0.2, 0.25) is 0 Å². The third kappa shape index (κ3) is 2.11. The molecule has 0 atom stereocenters. The predicted octanol–water partition coefficient (Wildman–Crippen LogP) is 2.10. The molecule has 0 radical (unpaired) electrons. The number of hydrogen-bond donors (Lipinski definition) is 0. The van der Waals surface area contributed by atoms with E-state index in [0.29, 0.717) is 11.7 Å². The van der Waals surface area contributed by atoms with E-state index in [4.69, 9.17) is 4.42 Å². The molecular formula is C10H15NO2. The van der Waals surface area contributed by atoms with Crippen LogP contribution >= 0.6 is 0 Å². The summed E-state index contributed by atoms with van der Waals surface area (Å²) in [6.07, 6.45) is 0. The van der Waals surface area contributed by atoms with Gasteiger partial charge < -0.3 is 9.32 Å². The maximum absolute atomic E-state index is 11.4. The Morgan fingerprint density at radius 3 is 2.38 bits per heavy atom. The Morgan fingerprint density at radius 2 is 2.00 bits per heavy atom. The molecule has 0 N–H and O–H groups in total. The summed E-state index contributed by atoms with van der Waals surface area (Å²) in [6, 6.07) is 3.57. The number of rotatable bonds is 2. The second kappa shape index (κ2) is 3.64. The summed E-state index contributed by atoms with van der Waals surface area (Å²) in [6.45, 7) is 4.06. The van der Waals surface area contributed by atoms with E-state index in [-0.39, 0.29) is 5.91 Å².